The lowest BCUT2D eigenvalue weighted by atomic mass is 10.00. The molecule has 3 heteroatoms. The fourth-order valence-corrected chi connectivity index (χ4v) is 2.95. The van der Waals surface area contributed by atoms with Gasteiger partial charge in [-0.15, -0.1) is 0 Å². The zero-order valence-electron chi connectivity index (χ0n) is 12.2. The van der Waals surface area contributed by atoms with Crippen LogP contribution in [0.4, 0.5) is 0 Å². The Morgan fingerprint density at radius 1 is 1.33 bits per heavy atom. The van der Waals surface area contributed by atoms with Crippen molar-refractivity contribution in [2.75, 3.05) is 6.54 Å². The lowest BCUT2D eigenvalue weighted by Gasteiger charge is -2.33. The van der Waals surface area contributed by atoms with Crippen LogP contribution in [0, 0.1) is 5.92 Å². The number of rotatable bonds is 5. The first-order chi connectivity index (χ1) is 8.56. The van der Waals surface area contributed by atoms with E-state index >= 15 is 0 Å². The van der Waals surface area contributed by atoms with E-state index in [4.69, 9.17) is 0 Å². The number of aliphatic hydroxyl groups excluding tert-OH is 1. The van der Waals surface area contributed by atoms with Crippen LogP contribution in [-0.2, 0) is 4.79 Å². The highest BCUT2D eigenvalue weighted by Gasteiger charge is 2.28. The zero-order chi connectivity index (χ0) is 13.5. The number of carbonyl (C=O) groups is 1. The Hall–Kier alpha value is -0.570. The summed E-state index contributed by atoms with van der Waals surface area (Å²) in [6, 6.07) is 0.249. The van der Waals surface area contributed by atoms with Gasteiger partial charge in [-0.3, -0.25) is 4.79 Å². The number of hydrogen-bond donors (Lipinski definition) is 1. The van der Waals surface area contributed by atoms with Gasteiger partial charge in [-0.1, -0.05) is 33.1 Å². The smallest absolute Gasteiger partial charge is 0.225 e. The van der Waals surface area contributed by atoms with Gasteiger partial charge in [0.15, 0.2) is 0 Å². The summed E-state index contributed by atoms with van der Waals surface area (Å²) >= 11 is 0. The molecule has 0 aromatic heterocycles. The highest BCUT2D eigenvalue weighted by atomic mass is 16.3. The van der Waals surface area contributed by atoms with Gasteiger partial charge in [0.05, 0.1) is 6.10 Å². The van der Waals surface area contributed by atoms with Gasteiger partial charge >= 0.3 is 0 Å². The summed E-state index contributed by atoms with van der Waals surface area (Å²) in [5.74, 6) is 0.425. The van der Waals surface area contributed by atoms with Crippen molar-refractivity contribution in [2.24, 2.45) is 5.92 Å². The Labute approximate surface area is 112 Å². The summed E-state index contributed by atoms with van der Waals surface area (Å²) in [5, 5.41) is 9.60. The summed E-state index contributed by atoms with van der Waals surface area (Å²) in [6.45, 7) is 6.86. The van der Waals surface area contributed by atoms with Gasteiger partial charge in [-0.05, 0) is 32.6 Å². The summed E-state index contributed by atoms with van der Waals surface area (Å²) in [7, 11) is 0. The molecule has 0 aliphatic carbocycles. The molecular weight excluding hydrogens is 226 g/mol. The van der Waals surface area contributed by atoms with Crippen LogP contribution < -0.4 is 0 Å². The quantitative estimate of drug-likeness (QED) is 0.820. The number of hydrogen-bond acceptors (Lipinski definition) is 2. The van der Waals surface area contributed by atoms with Crippen molar-refractivity contribution in [1.82, 2.24) is 4.90 Å². The first-order valence-electron chi connectivity index (χ1n) is 7.54. The minimum atomic E-state index is -0.315. The predicted octanol–water partition coefficient (Wildman–Crippen LogP) is 2.96. The fourth-order valence-electron chi connectivity index (χ4n) is 2.95. The molecule has 3 atom stereocenters. The summed E-state index contributed by atoms with van der Waals surface area (Å²) in [5.41, 5.74) is 0. The van der Waals surface area contributed by atoms with E-state index in [1.807, 2.05) is 13.8 Å². The largest absolute Gasteiger partial charge is 0.393 e. The first kappa shape index (κ1) is 15.5. The van der Waals surface area contributed by atoms with E-state index < -0.39 is 0 Å². The lowest BCUT2D eigenvalue weighted by molar-refractivity contribution is -0.138. The summed E-state index contributed by atoms with van der Waals surface area (Å²) in [6.07, 6.45) is 7.00. The van der Waals surface area contributed by atoms with Crippen LogP contribution in [0.25, 0.3) is 0 Å². The van der Waals surface area contributed by atoms with Gasteiger partial charge in [0, 0.05) is 18.5 Å². The Morgan fingerprint density at radius 2 is 2.06 bits per heavy atom. The van der Waals surface area contributed by atoms with Crippen LogP contribution in [0.15, 0.2) is 0 Å². The monoisotopic (exact) mass is 255 g/mol. The number of nitrogens with zero attached hydrogens (tertiary/aromatic N) is 1. The standard InChI is InChI=1S/C15H29NO2/c1-4-8-12(2)15(18)16-10-7-5-6-9-14(16)11-13(3)17/h12-14,17H,4-11H2,1-3H3. The van der Waals surface area contributed by atoms with Crippen LogP contribution >= 0.6 is 0 Å². The molecule has 1 amide bonds. The molecule has 1 saturated heterocycles. The molecule has 18 heavy (non-hydrogen) atoms. The Morgan fingerprint density at radius 3 is 2.67 bits per heavy atom. The van der Waals surface area contributed by atoms with Crippen molar-refractivity contribution in [1.29, 1.82) is 0 Å². The van der Waals surface area contributed by atoms with E-state index in [0.717, 1.165) is 38.6 Å². The molecular formula is C15H29NO2. The van der Waals surface area contributed by atoms with Crippen molar-refractivity contribution in [3.8, 4) is 0 Å². The van der Waals surface area contributed by atoms with Crippen molar-refractivity contribution >= 4 is 5.91 Å². The molecule has 0 aromatic carbocycles. The fraction of sp³-hybridized carbons (Fsp3) is 0.933. The minimum absolute atomic E-state index is 0.129. The lowest BCUT2D eigenvalue weighted by Crippen LogP contribution is -2.44. The normalized spacial score (nSPS) is 24.4. The molecule has 1 heterocycles. The average Bonchev–Trinajstić information content (AvgIpc) is 2.53. The second kappa shape index (κ2) is 7.78. The van der Waals surface area contributed by atoms with Crippen molar-refractivity contribution in [3.05, 3.63) is 0 Å². The van der Waals surface area contributed by atoms with Gasteiger partial charge < -0.3 is 10.0 Å². The summed E-state index contributed by atoms with van der Waals surface area (Å²) < 4.78 is 0. The van der Waals surface area contributed by atoms with Gasteiger partial charge in [-0.25, -0.2) is 0 Å². The van der Waals surface area contributed by atoms with Crippen LogP contribution in [0.3, 0.4) is 0 Å². The molecule has 1 aliphatic rings. The van der Waals surface area contributed by atoms with Gasteiger partial charge in [-0.2, -0.15) is 0 Å². The topological polar surface area (TPSA) is 40.5 Å². The number of aliphatic hydroxyl groups is 1. The van der Waals surface area contributed by atoms with E-state index in [9.17, 15) is 9.90 Å². The Bertz CT molecular complexity index is 253. The third-order valence-corrected chi connectivity index (χ3v) is 3.92. The zero-order valence-corrected chi connectivity index (χ0v) is 12.2. The van der Waals surface area contributed by atoms with E-state index in [1.54, 1.807) is 0 Å². The Balaban J connectivity index is 2.68. The number of carbonyl (C=O) groups excluding carboxylic acids is 1. The van der Waals surface area contributed by atoms with Gasteiger partial charge in [0.1, 0.15) is 0 Å². The van der Waals surface area contributed by atoms with E-state index in [2.05, 4.69) is 11.8 Å². The molecule has 1 N–H and O–H groups in total. The third-order valence-electron chi connectivity index (χ3n) is 3.92. The molecule has 3 nitrogen and oxygen atoms in total. The third kappa shape index (κ3) is 4.60. The molecule has 0 radical (unpaired) electrons. The SMILES string of the molecule is CCCC(C)C(=O)N1CCCCCC1CC(C)O. The second-order valence-corrected chi connectivity index (χ2v) is 5.81. The highest BCUT2D eigenvalue weighted by Crippen LogP contribution is 2.23. The van der Waals surface area contributed by atoms with Crippen LogP contribution in [-0.4, -0.2) is 34.6 Å². The van der Waals surface area contributed by atoms with E-state index in [1.165, 1.54) is 12.8 Å². The molecule has 1 rings (SSSR count). The Kier molecular flexibility index (Phi) is 6.69. The second-order valence-electron chi connectivity index (χ2n) is 5.81. The maximum absolute atomic E-state index is 12.5. The maximum Gasteiger partial charge on any atom is 0.225 e. The first-order valence-corrected chi connectivity index (χ1v) is 7.54. The van der Waals surface area contributed by atoms with Crippen molar-refractivity contribution in [3.63, 3.8) is 0 Å². The minimum Gasteiger partial charge on any atom is -0.393 e. The molecule has 1 fully saturated rings. The summed E-state index contributed by atoms with van der Waals surface area (Å²) in [4.78, 5) is 14.5. The molecule has 0 saturated carbocycles. The molecule has 3 unspecified atom stereocenters. The van der Waals surface area contributed by atoms with Crippen molar-refractivity contribution in [2.45, 2.75) is 77.9 Å². The molecule has 106 valence electrons. The highest BCUT2D eigenvalue weighted by molar-refractivity contribution is 5.78. The molecule has 1 aliphatic heterocycles. The molecule has 0 aromatic rings. The van der Waals surface area contributed by atoms with Crippen molar-refractivity contribution < 1.29 is 9.90 Å². The maximum atomic E-state index is 12.5. The number of amides is 1. The van der Waals surface area contributed by atoms with E-state index in [-0.39, 0.29) is 18.1 Å². The number of likely N-dealkylation sites (tertiary alicyclic amines) is 1. The molecule has 0 bridgehead atoms. The van der Waals surface area contributed by atoms with E-state index in [0.29, 0.717) is 5.91 Å². The molecule has 0 spiro atoms. The predicted molar refractivity (Wildman–Crippen MR) is 74.3 cm³/mol. The van der Waals surface area contributed by atoms with Gasteiger partial charge in [0.25, 0.3) is 0 Å². The van der Waals surface area contributed by atoms with Crippen LogP contribution in [0.1, 0.15) is 65.7 Å². The average molecular weight is 255 g/mol. The van der Waals surface area contributed by atoms with Crippen LogP contribution in [0.5, 0.6) is 0 Å². The van der Waals surface area contributed by atoms with Gasteiger partial charge in [0.2, 0.25) is 5.91 Å². The van der Waals surface area contributed by atoms with Crippen LogP contribution in [0.2, 0.25) is 0 Å².